The number of anilines is 1. The van der Waals surface area contributed by atoms with Crippen LogP contribution in [0.5, 0.6) is 5.75 Å². The normalized spacial score (nSPS) is 20.9. The molecule has 0 spiro atoms. The van der Waals surface area contributed by atoms with Gasteiger partial charge in [-0.05, 0) is 57.9 Å². The Morgan fingerprint density at radius 3 is 2.43 bits per heavy atom. The molecule has 0 radical (unpaired) electrons. The van der Waals surface area contributed by atoms with Crippen LogP contribution in [0.15, 0.2) is 74.6 Å². The highest BCUT2D eigenvalue weighted by molar-refractivity contribution is 7.66. The molecular weight excluding hydrogens is 865 g/mol. The number of phosphoric acid groups is 3. The number of amides is 1. The summed E-state index contributed by atoms with van der Waals surface area (Å²) in [6.07, 6.45) is 2.50. The highest BCUT2D eigenvalue weighted by Crippen LogP contribution is 2.66. The first-order valence-electron chi connectivity index (χ1n) is 18.5. The van der Waals surface area contributed by atoms with Crippen molar-refractivity contribution in [3.8, 4) is 5.75 Å². The Bertz CT molecular complexity index is 2460. The minimum absolute atomic E-state index is 0.0202. The quantitative estimate of drug-likeness (QED) is 0.0661. The average molecular weight is 913 g/mol. The first-order valence-corrected chi connectivity index (χ1v) is 23.1. The fraction of sp³-hybridized carbons (Fsp3) is 0.417. The van der Waals surface area contributed by atoms with E-state index < -0.39 is 59.8 Å². The number of hydrogen-bond acceptors (Lipinski definition) is 15. The van der Waals surface area contributed by atoms with Gasteiger partial charge in [0.15, 0.2) is 0 Å². The van der Waals surface area contributed by atoms with Gasteiger partial charge in [-0.3, -0.25) is 23.7 Å². The number of aromatic amines is 1. The predicted octanol–water partition coefficient (Wildman–Crippen LogP) is 4.87. The molecule has 5 atom stereocenters. The van der Waals surface area contributed by atoms with Gasteiger partial charge < -0.3 is 44.4 Å². The van der Waals surface area contributed by atoms with Crippen LogP contribution < -0.4 is 26.2 Å². The zero-order valence-electron chi connectivity index (χ0n) is 33.6. The van der Waals surface area contributed by atoms with E-state index in [2.05, 4.69) is 58.5 Å². The van der Waals surface area contributed by atoms with Crippen LogP contribution in [0, 0.1) is 6.92 Å². The second kappa shape index (κ2) is 19.3. The molecule has 3 aromatic rings. The van der Waals surface area contributed by atoms with Crippen molar-refractivity contribution in [2.24, 2.45) is 10.2 Å². The number of carbonyl (C=O) groups excluding carboxylic acids is 1. The third-order valence-electron chi connectivity index (χ3n) is 9.41. The summed E-state index contributed by atoms with van der Waals surface area (Å²) in [5.74, 6) is 0.305. The van der Waals surface area contributed by atoms with Gasteiger partial charge in [-0.2, -0.15) is 13.7 Å². The van der Waals surface area contributed by atoms with Crippen molar-refractivity contribution in [1.29, 1.82) is 0 Å². The number of allylic oxidation sites excluding steroid dienone is 1. The topological polar surface area (TPSA) is 310 Å². The number of azo groups is 1. The summed E-state index contributed by atoms with van der Waals surface area (Å²) in [4.78, 5) is 78.7. The lowest BCUT2D eigenvalue weighted by atomic mass is 9.88. The van der Waals surface area contributed by atoms with E-state index in [1.54, 1.807) is 7.11 Å². The van der Waals surface area contributed by atoms with Crippen LogP contribution in [0.2, 0.25) is 0 Å². The van der Waals surface area contributed by atoms with Crippen LogP contribution in [0.1, 0.15) is 63.0 Å². The Labute approximate surface area is 349 Å². The van der Waals surface area contributed by atoms with Crippen molar-refractivity contribution < 1.29 is 65.8 Å². The molecule has 2 aromatic carbocycles. The van der Waals surface area contributed by atoms with Gasteiger partial charge >= 0.3 is 29.2 Å². The fourth-order valence-electron chi connectivity index (χ4n) is 6.65. The lowest BCUT2D eigenvalue weighted by molar-refractivity contribution is -0.120. The standard InChI is InChI=1S/C36H47N6O16P3/c1-22-10-12-25(13-11-22)39-40-27-16-26-23(2)19-36(3,4)42(28(26)17-30(27)54-5)15-7-9-32(44)37-14-6-8-24-20-41(35(46)38-34(24)45)33-18-29(43)31(56-33)21-55-60(50,51)58-61(52,53)57-59(47,48)49/h6,8,10-13,16-17,19-20,29,31,33,43H,7,9,14-15,18,21H2,1-5H3,(H,37,44)(H,50,51)(H,52,53)(H,38,45,46)(H2,47,48,49)/b8-6+,40-39+/t29?,31-,33-/m1/s1. The number of fused-ring (bicyclic) bond motifs is 1. The van der Waals surface area contributed by atoms with Gasteiger partial charge in [0, 0.05) is 49.4 Å². The number of phosphoric ester groups is 1. The molecule has 3 unspecified atom stereocenters. The van der Waals surface area contributed by atoms with E-state index in [0.717, 1.165) is 33.2 Å². The van der Waals surface area contributed by atoms with Crippen molar-refractivity contribution in [2.45, 2.75) is 70.9 Å². The van der Waals surface area contributed by atoms with Crippen LogP contribution in [-0.4, -0.2) is 84.7 Å². The van der Waals surface area contributed by atoms with Crippen molar-refractivity contribution in [2.75, 3.05) is 31.7 Å². The minimum atomic E-state index is -5.77. The molecule has 0 bridgehead atoms. The van der Waals surface area contributed by atoms with Crippen LogP contribution in [0.4, 0.5) is 17.1 Å². The average Bonchev–Trinajstić information content (AvgIpc) is 3.52. The number of methoxy groups -OCH3 is 1. The molecule has 22 nitrogen and oxygen atoms in total. The Kier molecular flexibility index (Phi) is 15.1. The monoisotopic (exact) mass is 912 g/mol. The van der Waals surface area contributed by atoms with E-state index in [0.29, 0.717) is 30.1 Å². The number of nitrogens with zero attached hydrogens (tertiary/aromatic N) is 4. The van der Waals surface area contributed by atoms with Gasteiger partial charge in [0.05, 0.1) is 36.6 Å². The molecule has 5 rings (SSSR count). The van der Waals surface area contributed by atoms with E-state index >= 15 is 0 Å². The van der Waals surface area contributed by atoms with Gasteiger partial charge in [0.25, 0.3) is 5.56 Å². The van der Waals surface area contributed by atoms with Crippen LogP contribution in [-0.2, 0) is 36.4 Å². The fourth-order valence-corrected chi connectivity index (χ4v) is 9.68. The number of aliphatic hydroxyl groups is 1. The number of rotatable bonds is 18. The van der Waals surface area contributed by atoms with Gasteiger partial charge in [0.1, 0.15) is 23.8 Å². The highest BCUT2D eigenvalue weighted by atomic mass is 31.3. The van der Waals surface area contributed by atoms with Gasteiger partial charge in [-0.1, -0.05) is 35.9 Å². The number of aliphatic hydroxyl groups excluding tert-OH is 1. The third kappa shape index (κ3) is 13.1. The van der Waals surface area contributed by atoms with Crippen LogP contribution in [0.3, 0.4) is 0 Å². The predicted molar refractivity (Wildman–Crippen MR) is 220 cm³/mol. The maximum absolute atomic E-state index is 12.9. The lowest BCUT2D eigenvalue weighted by Gasteiger charge is -2.43. The summed E-state index contributed by atoms with van der Waals surface area (Å²) in [7, 11) is -15.3. The summed E-state index contributed by atoms with van der Waals surface area (Å²) in [6, 6.07) is 11.6. The number of aromatic nitrogens is 2. The van der Waals surface area contributed by atoms with E-state index in [1.165, 1.54) is 12.2 Å². The van der Waals surface area contributed by atoms with E-state index in [4.69, 9.17) is 19.3 Å². The molecule has 61 heavy (non-hydrogen) atoms. The summed E-state index contributed by atoms with van der Waals surface area (Å²) < 4.78 is 58.5. The molecule has 1 fully saturated rings. The molecule has 0 aliphatic carbocycles. The molecule has 0 saturated carbocycles. The van der Waals surface area contributed by atoms with Crippen molar-refractivity contribution in [3.05, 3.63) is 92.3 Å². The highest BCUT2D eigenvalue weighted by Gasteiger charge is 2.43. The molecule has 1 amide bonds. The number of carbonyl (C=O) groups is 1. The number of ether oxygens (including phenoxy) is 2. The first kappa shape index (κ1) is 47.6. The molecule has 3 heterocycles. The Morgan fingerprint density at radius 2 is 1.75 bits per heavy atom. The summed E-state index contributed by atoms with van der Waals surface area (Å²) in [6.45, 7) is 7.83. The van der Waals surface area contributed by atoms with Crippen LogP contribution >= 0.6 is 23.5 Å². The van der Waals surface area contributed by atoms with Crippen molar-refractivity contribution in [3.63, 3.8) is 0 Å². The van der Waals surface area contributed by atoms with Gasteiger partial charge in [-0.15, -0.1) is 5.11 Å². The number of nitrogens with one attached hydrogen (secondary N) is 2. The zero-order chi connectivity index (χ0) is 44.9. The smallest absolute Gasteiger partial charge is 0.490 e. The molecule has 2 aliphatic rings. The largest absolute Gasteiger partial charge is 0.494 e. The zero-order valence-corrected chi connectivity index (χ0v) is 36.3. The number of aryl methyl sites for hydroxylation is 1. The minimum Gasteiger partial charge on any atom is -0.494 e. The second-order valence-electron chi connectivity index (χ2n) is 14.6. The summed E-state index contributed by atoms with van der Waals surface area (Å²) >= 11 is 0. The number of benzene rings is 2. The summed E-state index contributed by atoms with van der Waals surface area (Å²) in [5.41, 5.74) is 3.28. The third-order valence-corrected chi connectivity index (χ3v) is 13.2. The number of hydrogen-bond donors (Lipinski definition) is 7. The maximum Gasteiger partial charge on any atom is 0.490 e. The van der Waals surface area contributed by atoms with Crippen molar-refractivity contribution in [1.82, 2.24) is 14.9 Å². The van der Waals surface area contributed by atoms with E-state index in [1.807, 2.05) is 50.2 Å². The van der Waals surface area contributed by atoms with Crippen molar-refractivity contribution >= 4 is 58.1 Å². The second-order valence-corrected chi connectivity index (χ2v) is 19.0. The molecular formula is C36H47N6O16P3. The molecule has 2 aliphatic heterocycles. The van der Waals surface area contributed by atoms with E-state index in [-0.39, 0.29) is 36.4 Å². The Hall–Kier alpha value is -4.40. The van der Waals surface area contributed by atoms with Gasteiger partial charge in [-0.25, -0.2) is 18.5 Å². The molecule has 1 aromatic heterocycles. The number of H-pyrrole nitrogens is 1. The maximum atomic E-state index is 12.9. The SMILES string of the molecule is COc1cc2c(cc1/N=N/c1ccc(C)cc1)C(C)=CC(C)(C)N2CCCC(=O)NC/C=C/c1cn([C@H]2CC(O)[C@@H](COP(=O)(O)OP(=O)(O)OP(=O)(O)O)O2)c(=O)[nH]c1=O. The molecule has 7 N–H and O–H groups in total. The summed E-state index contributed by atoms with van der Waals surface area (Å²) in [5, 5.41) is 22.1. The first-order chi connectivity index (χ1) is 28.5. The molecule has 332 valence electrons. The van der Waals surface area contributed by atoms with E-state index in [9.17, 15) is 43.0 Å². The lowest BCUT2D eigenvalue weighted by Crippen LogP contribution is -2.45. The Morgan fingerprint density at radius 1 is 1.05 bits per heavy atom. The van der Waals surface area contributed by atoms with Crippen LogP contribution in [0.25, 0.3) is 11.6 Å². The Balaban J connectivity index is 1.15. The molecule has 1 saturated heterocycles. The molecule has 25 heteroatoms. The van der Waals surface area contributed by atoms with Gasteiger partial charge in [0.2, 0.25) is 5.91 Å².